The van der Waals surface area contributed by atoms with Crippen LogP contribution in [0.5, 0.6) is 0 Å². The maximum atomic E-state index is 13.3. The van der Waals surface area contributed by atoms with Crippen molar-refractivity contribution in [2.75, 3.05) is 11.5 Å². The topological polar surface area (TPSA) is 63.2 Å². The second kappa shape index (κ2) is 6.67. The zero-order valence-corrected chi connectivity index (χ0v) is 11.4. The van der Waals surface area contributed by atoms with Gasteiger partial charge in [-0.05, 0) is 12.1 Å². The Labute approximate surface area is 113 Å². The first-order valence-corrected chi connectivity index (χ1v) is 7.70. The van der Waals surface area contributed by atoms with E-state index < -0.39 is 32.5 Å². The highest BCUT2D eigenvalue weighted by Crippen LogP contribution is 2.15. The number of rotatable bonds is 6. The number of benzene rings is 1. The number of carbonyl (C=O) groups excluding carboxylic acids is 1. The van der Waals surface area contributed by atoms with Gasteiger partial charge < -0.3 is 0 Å². The van der Waals surface area contributed by atoms with Crippen molar-refractivity contribution in [1.82, 2.24) is 4.72 Å². The summed E-state index contributed by atoms with van der Waals surface area (Å²) in [7, 11) is -4.32. The quantitative estimate of drug-likeness (QED) is 0.642. The first kappa shape index (κ1) is 15.6. The Morgan fingerprint density at radius 2 is 2.11 bits per heavy atom. The van der Waals surface area contributed by atoms with Gasteiger partial charge in [-0.15, -0.1) is 18.3 Å². The zero-order valence-electron chi connectivity index (χ0n) is 9.73. The number of amides is 1. The molecule has 0 atom stereocenters. The third-order valence-corrected chi connectivity index (χ3v) is 4.24. The van der Waals surface area contributed by atoms with Gasteiger partial charge in [0.05, 0.1) is 5.75 Å². The van der Waals surface area contributed by atoms with Crippen LogP contribution in [0.25, 0.3) is 0 Å². The van der Waals surface area contributed by atoms with Gasteiger partial charge in [0, 0.05) is 11.8 Å². The van der Waals surface area contributed by atoms with Gasteiger partial charge in [-0.1, -0.05) is 6.08 Å². The Balaban J connectivity index is 2.81. The van der Waals surface area contributed by atoms with Crippen LogP contribution >= 0.6 is 11.8 Å². The lowest BCUT2D eigenvalue weighted by Crippen LogP contribution is -2.32. The van der Waals surface area contributed by atoms with E-state index in [2.05, 4.69) is 6.58 Å². The molecule has 0 bridgehead atoms. The van der Waals surface area contributed by atoms with E-state index in [1.54, 1.807) is 10.8 Å². The highest BCUT2D eigenvalue weighted by Gasteiger charge is 2.21. The molecule has 0 aromatic heterocycles. The number of nitrogens with one attached hydrogen (secondary N) is 1. The van der Waals surface area contributed by atoms with Gasteiger partial charge in [-0.3, -0.25) is 4.79 Å². The molecule has 1 N–H and O–H groups in total. The van der Waals surface area contributed by atoms with E-state index in [0.717, 1.165) is 23.9 Å². The van der Waals surface area contributed by atoms with Crippen molar-refractivity contribution in [2.24, 2.45) is 0 Å². The van der Waals surface area contributed by atoms with Crippen molar-refractivity contribution >= 4 is 27.7 Å². The molecule has 0 aliphatic heterocycles. The van der Waals surface area contributed by atoms with Crippen LogP contribution in [0.15, 0.2) is 35.7 Å². The molecule has 0 unspecified atom stereocenters. The van der Waals surface area contributed by atoms with Crippen molar-refractivity contribution in [3.05, 3.63) is 42.5 Å². The Bertz CT molecular complexity index is 588. The molecular weight excluding hydrogens is 296 g/mol. The van der Waals surface area contributed by atoms with Gasteiger partial charge in [0.15, 0.2) is 0 Å². The smallest absolute Gasteiger partial charge is 0.266 e. The molecule has 0 saturated heterocycles. The lowest BCUT2D eigenvalue weighted by Gasteiger charge is -2.07. The minimum absolute atomic E-state index is 0.103. The van der Waals surface area contributed by atoms with E-state index in [1.165, 1.54) is 0 Å². The predicted molar refractivity (Wildman–Crippen MR) is 69.2 cm³/mol. The molecule has 104 valence electrons. The Kier molecular flexibility index (Phi) is 5.49. The molecule has 1 amide bonds. The van der Waals surface area contributed by atoms with Gasteiger partial charge >= 0.3 is 0 Å². The van der Waals surface area contributed by atoms with E-state index in [-0.39, 0.29) is 5.75 Å². The molecule has 0 fully saturated rings. The molecule has 4 nitrogen and oxygen atoms in total. The molecule has 0 aliphatic rings. The predicted octanol–water partition coefficient (Wildman–Crippen LogP) is 1.69. The second-order valence-electron chi connectivity index (χ2n) is 3.41. The Morgan fingerprint density at radius 3 is 2.68 bits per heavy atom. The van der Waals surface area contributed by atoms with E-state index >= 15 is 0 Å². The van der Waals surface area contributed by atoms with Crippen LogP contribution in [-0.4, -0.2) is 25.8 Å². The molecule has 0 spiro atoms. The van der Waals surface area contributed by atoms with Crippen LogP contribution in [0.3, 0.4) is 0 Å². The molecule has 1 aromatic rings. The van der Waals surface area contributed by atoms with Crippen LogP contribution in [0.4, 0.5) is 8.78 Å². The summed E-state index contributed by atoms with van der Waals surface area (Å²) >= 11 is 1.16. The molecule has 8 heteroatoms. The number of sulfonamides is 1. The fourth-order valence-electron chi connectivity index (χ4n) is 1.16. The summed E-state index contributed by atoms with van der Waals surface area (Å²) in [4.78, 5) is 10.6. The van der Waals surface area contributed by atoms with Crippen LogP contribution in [-0.2, 0) is 14.8 Å². The molecule has 0 heterocycles. The highest BCUT2D eigenvalue weighted by molar-refractivity contribution is 8.00. The second-order valence-corrected chi connectivity index (χ2v) is 6.09. The molecule has 0 aliphatic carbocycles. The lowest BCUT2D eigenvalue weighted by atomic mass is 10.3. The molecular formula is C11H11F2NO3S2. The van der Waals surface area contributed by atoms with E-state index in [1.807, 2.05) is 0 Å². The fourth-order valence-corrected chi connectivity index (χ4v) is 2.84. The van der Waals surface area contributed by atoms with Crippen molar-refractivity contribution < 1.29 is 22.0 Å². The Morgan fingerprint density at radius 1 is 1.42 bits per heavy atom. The monoisotopic (exact) mass is 307 g/mol. The van der Waals surface area contributed by atoms with Crippen molar-refractivity contribution in [1.29, 1.82) is 0 Å². The molecule has 0 saturated carbocycles. The molecule has 19 heavy (non-hydrogen) atoms. The van der Waals surface area contributed by atoms with Crippen molar-refractivity contribution in [2.45, 2.75) is 4.90 Å². The van der Waals surface area contributed by atoms with Crippen LogP contribution in [0.1, 0.15) is 0 Å². The third kappa shape index (κ3) is 4.64. The minimum Gasteiger partial charge on any atom is -0.273 e. The summed E-state index contributed by atoms with van der Waals surface area (Å²) in [5, 5.41) is 0. The summed E-state index contributed by atoms with van der Waals surface area (Å²) in [5.74, 6) is -2.55. The normalized spacial score (nSPS) is 11.1. The molecule has 1 rings (SSSR count). The summed E-state index contributed by atoms with van der Waals surface area (Å²) < 4.78 is 51.1. The Hall–Kier alpha value is -1.41. The van der Waals surface area contributed by atoms with Crippen LogP contribution in [0, 0.1) is 11.6 Å². The number of halogens is 2. The maximum absolute atomic E-state index is 13.3. The standard InChI is InChI=1S/C11H11F2NO3S2/c1-2-5-18-7-11(15)14-19(16,17)10-4-3-8(12)6-9(10)13/h2-4,6H,1,5,7H2,(H,14,15). The number of hydrogen-bond acceptors (Lipinski definition) is 4. The summed E-state index contributed by atoms with van der Waals surface area (Å²) in [6.07, 6.45) is 1.56. The highest BCUT2D eigenvalue weighted by atomic mass is 32.2. The average molecular weight is 307 g/mol. The van der Waals surface area contributed by atoms with Crippen molar-refractivity contribution in [3.8, 4) is 0 Å². The number of thioether (sulfide) groups is 1. The van der Waals surface area contributed by atoms with Gasteiger partial charge in [0.2, 0.25) is 5.91 Å². The average Bonchev–Trinajstić information content (AvgIpc) is 2.27. The van der Waals surface area contributed by atoms with Crippen LogP contribution < -0.4 is 4.72 Å². The van der Waals surface area contributed by atoms with Gasteiger partial charge in [-0.2, -0.15) is 0 Å². The van der Waals surface area contributed by atoms with Crippen LogP contribution in [0.2, 0.25) is 0 Å². The lowest BCUT2D eigenvalue weighted by molar-refractivity contribution is -0.116. The minimum atomic E-state index is -4.32. The van der Waals surface area contributed by atoms with Crippen molar-refractivity contribution in [3.63, 3.8) is 0 Å². The zero-order chi connectivity index (χ0) is 14.5. The summed E-state index contributed by atoms with van der Waals surface area (Å²) in [6, 6.07) is 2.00. The fraction of sp³-hybridized carbons (Fsp3) is 0.182. The van der Waals surface area contributed by atoms with Gasteiger partial charge in [-0.25, -0.2) is 21.9 Å². The number of hydrogen-bond donors (Lipinski definition) is 1. The number of carbonyl (C=O) groups is 1. The maximum Gasteiger partial charge on any atom is 0.266 e. The first-order valence-electron chi connectivity index (χ1n) is 5.06. The van der Waals surface area contributed by atoms with Gasteiger partial charge in [0.25, 0.3) is 10.0 Å². The molecule has 0 radical (unpaired) electrons. The van der Waals surface area contributed by atoms with Gasteiger partial charge in [0.1, 0.15) is 16.5 Å². The summed E-state index contributed by atoms with van der Waals surface area (Å²) in [5.41, 5.74) is 0. The third-order valence-electron chi connectivity index (χ3n) is 1.90. The SMILES string of the molecule is C=CCSCC(=O)NS(=O)(=O)c1ccc(F)cc1F. The largest absolute Gasteiger partial charge is 0.273 e. The summed E-state index contributed by atoms with van der Waals surface area (Å²) in [6.45, 7) is 3.44. The first-order chi connectivity index (χ1) is 8.86. The molecule has 1 aromatic carbocycles. The van der Waals surface area contributed by atoms with E-state index in [4.69, 9.17) is 0 Å². The van der Waals surface area contributed by atoms with E-state index in [0.29, 0.717) is 11.8 Å². The van der Waals surface area contributed by atoms with E-state index in [9.17, 15) is 22.0 Å².